The topological polar surface area (TPSA) is 74.2 Å². The summed E-state index contributed by atoms with van der Waals surface area (Å²) in [5, 5.41) is 3.50. The van der Waals surface area contributed by atoms with E-state index in [1.165, 1.54) is 11.1 Å². The van der Waals surface area contributed by atoms with Crippen LogP contribution < -0.4 is 10.2 Å². The number of amides is 1. The molecule has 7 nitrogen and oxygen atoms in total. The molecule has 37 heavy (non-hydrogen) atoms. The fraction of sp³-hybridized carbons (Fsp3) is 0.448. The summed E-state index contributed by atoms with van der Waals surface area (Å²) in [6.45, 7) is 11.6. The van der Waals surface area contributed by atoms with Gasteiger partial charge in [-0.2, -0.15) is 0 Å². The lowest BCUT2D eigenvalue weighted by molar-refractivity contribution is 0.0943. The van der Waals surface area contributed by atoms with Gasteiger partial charge in [-0.3, -0.25) is 14.8 Å². The van der Waals surface area contributed by atoms with Gasteiger partial charge in [0.05, 0.1) is 23.1 Å². The molecule has 1 amide bonds. The number of halogens is 1. The van der Waals surface area contributed by atoms with Gasteiger partial charge in [0.25, 0.3) is 5.91 Å². The maximum Gasteiger partial charge on any atom is 0.253 e. The number of aryl methyl sites for hydroxylation is 3. The number of nitrogens with one attached hydrogen (secondary N) is 1. The number of carbonyl (C=O) groups is 1. The van der Waals surface area contributed by atoms with Gasteiger partial charge in [-0.05, 0) is 87.9 Å². The smallest absolute Gasteiger partial charge is 0.253 e. The van der Waals surface area contributed by atoms with Crippen molar-refractivity contribution in [1.29, 1.82) is 0 Å². The van der Waals surface area contributed by atoms with E-state index in [1.807, 2.05) is 44.7 Å². The fourth-order valence-electron chi connectivity index (χ4n) is 5.23. The van der Waals surface area contributed by atoms with Gasteiger partial charge in [0.1, 0.15) is 5.15 Å². The molecule has 3 aromatic heterocycles. The third-order valence-corrected chi connectivity index (χ3v) is 7.66. The number of pyridine rings is 3. The Balaban J connectivity index is 1.32. The summed E-state index contributed by atoms with van der Waals surface area (Å²) in [4.78, 5) is 30.8. The number of rotatable bonds is 9. The van der Waals surface area contributed by atoms with Crippen molar-refractivity contribution in [2.45, 2.75) is 65.6 Å². The van der Waals surface area contributed by atoms with Crippen molar-refractivity contribution >= 4 is 23.2 Å². The van der Waals surface area contributed by atoms with E-state index in [0.717, 1.165) is 50.1 Å². The first-order chi connectivity index (χ1) is 17.8. The van der Waals surface area contributed by atoms with Crippen LogP contribution in [0.1, 0.15) is 58.9 Å². The number of aromatic nitrogens is 3. The minimum absolute atomic E-state index is 0.0807. The molecule has 3 aromatic rings. The van der Waals surface area contributed by atoms with Crippen molar-refractivity contribution in [3.8, 4) is 0 Å². The van der Waals surface area contributed by atoms with E-state index in [9.17, 15) is 4.79 Å². The lowest BCUT2D eigenvalue weighted by atomic mass is 9.99. The van der Waals surface area contributed by atoms with Gasteiger partial charge in [0.2, 0.25) is 0 Å². The third kappa shape index (κ3) is 6.84. The Hall–Kier alpha value is -3.03. The molecule has 0 radical (unpaired) electrons. The molecule has 196 valence electrons. The van der Waals surface area contributed by atoms with Crippen molar-refractivity contribution in [2.24, 2.45) is 0 Å². The zero-order chi connectivity index (χ0) is 26.4. The van der Waals surface area contributed by atoms with Crippen LogP contribution in [0.3, 0.4) is 0 Å². The van der Waals surface area contributed by atoms with Crippen LogP contribution in [0.2, 0.25) is 5.15 Å². The van der Waals surface area contributed by atoms with Crippen molar-refractivity contribution in [3.05, 3.63) is 82.2 Å². The molecule has 4 heterocycles. The number of piperidine rings is 1. The molecule has 0 saturated carbocycles. The summed E-state index contributed by atoms with van der Waals surface area (Å²) in [6.07, 6.45) is 10.7. The van der Waals surface area contributed by atoms with Crippen LogP contribution >= 0.6 is 11.6 Å². The highest BCUT2D eigenvalue weighted by molar-refractivity contribution is 6.29. The summed E-state index contributed by atoms with van der Waals surface area (Å²) in [7, 11) is 0. The Kier molecular flexibility index (Phi) is 9.11. The summed E-state index contributed by atoms with van der Waals surface area (Å²) >= 11 is 6.01. The van der Waals surface area contributed by atoms with Gasteiger partial charge in [-0.25, -0.2) is 4.98 Å². The lowest BCUT2D eigenvalue weighted by Gasteiger charge is -2.42. The first-order valence-electron chi connectivity index (χ1n) is 13.1. The second kappa shape index (κ2) is 12.5. The fourth-order valence-corrected chi connectivity index (χ4v) is 5.52. The first kappa shape index (κ1) is 27.0. The number of carbonyl (C=O) groups excluding carboxylic acids is 1. The number of nitrogens with zero attached hydrogens (tertiary/aromatic N) is 5. The summed E-state index contributed by atoms with van der Waals surface area (Å²) in [5.74, 6) is -0.0807. The molecule has 1 atom stereocenters. The Morgan fingerprint density at radius 2 is 1.89 bits per heavy atom. The van der Waals surface area contributed by atoms with Crippen LogP contribution in [0.5, 0.6) is 0 Å². The highest BCUT2D eigenvalue weighted by Gasteiger charge is 2.27. The Morgan fingerprint density at radius 3 is 2.57 bits per heavy atom. The van der Waals surface area contributed by atoms with Gasteiger partial charge in [-0.15, -0.1) is 0 Å². The molecule has 0 spiro atoms. The van der Waals surface area contributed by atoms with Crippen LogP contribution in [-0.4, -0.2) is 57.5 Å². The summed E-state index contributed by atoms with van der Waals surface area (Å²) in [6, 6.07) is 8.80. The molecule has 0 unspecified atom stereocenters. The van der Waals surface area contributed by atoms with Gasteiger partial charge in [-0.1, -0.05) is 11.6 Å². The molecule has 1 aliphatic heterocycles. The van der Waals surface area contributed by atoms with Crippen molar-refractivity contribution in [3.63, 3.8) is 0 Å². The van der Waals surface area contributed by atoms with Crippen LogP contribution in [0.25, 0.3) is 0 Å². The van der Waals surface area contributed by atoms with Gasteiger partial charge < -0.3 is 15.1 Å². The van der Waals surface area contributed by atoms with E-state index < -0.39 is 0 Å². The van der Waals surface area contributed by atoms with Crippen LogP contribution in [0.4, 0.5) is 5.69 Å². The molecular weight excluding hydrogens is 484 g/mol. The number of hydrogen-bond donors (Lipinski definition) is 1. The molecule has 8 heteroatoms. The zero-order valence-electron chi connectivity index (χ0n) is 22.2. The standard InChI is InChI=1S/C29H37ClN6O/c1-20-7-12-32-17-24(20)19-36(26-6-5-11-31-18-26)25-9-14-35(15-10-25)22(3)8-13-33-29(37)28-21(2)16-27(30)34-23(28)4/h5-7,11-12,16-18,22,25H,8-10,13-15,19H2,1-4H3,(H,33,37)/t22-/m1/s1. The van der Waals surface area contributed by atoms with Gasteiger partial charge in [0, 0.05) is 56.9 Å². The predicted octanol–water partition coefficient (Wildman–Crippen LogP) is 5.13. The minimum atomic E-state index is -0.0807. The average molecular weight is 521 g/mol. The van der Waals surface area contributed by atoms with E-state index in [1.54, 1.807) is 6.07 Å². The van der Waals surface area contributed by atoms with Crippen LogP contribution in [0, 0.1) is 20.8 Å². The van der Waals surface area contributed by atoms with Crippen LogP contribution in [0.15, 0.2) is 49.1 Å². The van der Waals surface area contributed by atoms with Crippen LogP contribution in [-0.2, 0) is 6.54 Å². The van der Waals surface area contributed by atoms with E-state index in [-0.39, 0.29) is 5.91 Å². The SMILES string of the molecule is Cc1ccncc1CN(c1cccnc1)C1CCN([C@H](C)CCNC(=O)c2c(C)cc(Cl)nc2C)CC1. The molecule has 1 saturated heterocycles. The quantitative estimate of drug-likeness (QED) is 0.394. The van der Waals surface area contributed by atoms with Crippen molar-refractivity contribution in [2.75, 3.05) is 24.5 Å². The second-order valence-electron chi connectivity index (χ2n) is 10.0. The predicted molar refractivity (Wildman–Crippen MR) is 149 cm³/mol. The highest BCUT2D eigenvalue weighted by atomic mass is 35.5. The molecule has 4 rings (SSSR count). The number of anilines is 1. The lowest BCUT2D eigenvalue weighted by Crippen LogP contribution is -2.48. The first-order valence-corrected chi connectivity index (χ1v) is 13.4. The molecule has 0 bridgehead atoms. The second-order valence-corrected chi connectivity index (χ2v) is 10.4. The Bertz CT molecular complexity index is 1170. The Labute approximate surface area is 225 Å². The molecule has 0 aliphatic carbocycles. The molecular formula is C29H37ClN6O. The molecule has 1 fully saturated rings. The van der Waals surface area contributed by atoms with Crippen molar-refractivity contribution in [1.82, 2.24) is 25.2 Å². The maximum atomic E-state index is 12.8. The average Bonchev–Trinajstić information content (AvgIpc) is 2.88. The van der Waals surface area contributed by atoms with E-state index >= 15 is 0 Å². The minimum Gasteiger partial charge on any atom is -0.363 e. The van der Waals surface area contributed by atoms with E-state index in [0.29, 0.717) is 35.0 Å². The number of likely N-dealkylation sites (tertiary alicyclic amines) is 1. The largest absolute Gasteiger partial charge is 0.363 e. The monoisotopic (exact) mass is 520 g/mol. The zero-order valence-corrected chi connectivity index (χ0v) is 23.0. The van der Waals surface area contributed by atoms with Gasteiger partial charge in [0.15, 0.2) is 0 Å². The van der Waals surface area contributed by atoms with Crippen molar-refractivity contribution < 1.29 is 4.79 Å². The third-order valence-electron chi connectivity index (χ3n) is 7.47. The number of hydrogen-bond acceptors (Lipinski definition) is 6. The molecule has 1 N–H and O–H groups in total. The normalized spacial score (nSPS) is 15.4. The maximum absolute atomic E-state index is 12.8. The molecule has 0 aromatic carbocycles. The van der Waals surface area contributed by atoms with E-state index in [2.05, 4.69) is 56.0 Å². The van der Waals surface area contributed by atoms with E-state index in [4.69, 9.17) is 11.6 Å². The summed E-state index contributed by atoms with van der Waals surface area (Å²) in [5.41, 5.74) is 5.80. The summed E-state index contributed by atoms with van der Waals surface area (Å²) < 4.78 is 0. The van der Waals surface area contributed by atoms with Gasteiger partial charge >= 0.3 is 0 Å². The Morgan fingerprint density at radius 1 is 1.14 bits per heavy atom. The highest BCUT2D eigenvalue weighted by Crippen LogP contribution is 2.27. The molecule has 1 aliphatic rings.